The minimum absolute atomic E-state index is 0.00169. The van der Waals surface area contributed by atoms with Crippen molar-refractivity contribution in [2.24, 2.45) is 0 Å². The van der Waals surface area contributed by atoms with E-state index in [0.717, 1.165) is 6.42 Å². The van der Waals surface area contributed by atoms with Gasteiger partial charge in [0.25, 0.3) is 0 Å². The van der Waals surface area contributed by atoms with Crippen molar-refractivity contribution in [3.63, 3.8) is 0 Å². The second kappa shape index (κ2) is 7.59. The Balaban J connectivity index is 2.52. The van der Waals surface area contributed by atoms with Gasteiger partial charge in [0.15, 0.2) is 0 Å². The predicted octanol–water partition coefficient (Wildman–Crippen LogP) is 2.29. The van der Waals surface area contributed by atoms with Gasteiger partial charge < -0.3 is 15.7 Å². The first-order chi connectivity index (χ1) is 8.58. The fourth-order valence-electron chi connectivity index (χ4n) is 1.37. The normalized spacial score (nSPS) is 12.2. The Morgan fingerprint density at radius 1 is 1.44 bits per heavy atom. The molecule has 0 aliphatic carbocycles. The van der Waals surface area contributed by atoms with E-state index in [1.807, 2.05) is 6.92 Å². The maximum atomic E-state index is 11.7. The van der Waals surface area contributed by atoms with Crippen molar-refractivity contribution < 1.29 is 9.90 Å². The second-order valence-corrected chi connectivity index (χ2v) is 4.60. The van der Waals surface area contributed by atoms with E-state index in [4.69, 9.17) is 28.3 Å². The van der Waals surface area contributed by atoms with Crippen LogP contribution < -0.4 is 10.6 Å². The van der Waals surface area contributed by atoms with E-state index in [1.54, 1.807) is 18.2 Å². The third-order valence-electron chi connectivity index (χ3n) is 2.49. The molecule has 1 rings (SSSR count). The van der Waals surface area contributed by atoms with Crippen LogP contribution in [0.25, 0.3) is 0 Å². The van der Waals surface area contributed by atoms with Crippen molar-refractivity contribution in [1.82, 2.24) is 5.32 Å². The number of hydrogen-bond donors (Lipinski definition) is 3. The van der Waals surface area contributed by atoms with Crippen molar-refractivity contribution in [1.29, 1.82) is 0 Å². The number of nitrogens with one attached hydrogen (secondary N) is 2. The van der Waals surface area contributed by atoms with Crippen LogP contribution in [-0.2, 0) is 4.79 Å². The maximum absolute atomic E-state index is 11.7. The van der Waals surface area contributed by atoms with Crippen LogP contribution in [-0.4, -0.2) is 30.2 Å². The number of benzene rings is 1. The minimum Gasteiger partial charge on any atom is -0.395 e. The fraction of sp³-hybridized carbons (Fsp3) is 0.417. The molecule has 6 heteroatoms. The van der Waals surface area contributed by atoms with Gasteiger partial charge in [-0.3, -0.25) is 4.79 Å². The predicted molar refractivity (Wildman–Crippen MR) is 74.3 cm³/mol. The first-order valence-electron chi connectivity index (χ1n) is 5.66. The van der Waals surface area contributed by atoms with Gasteiger partial charge in [-0.2, -0.15) is 0 Å². The molecule has 0 aromatic heterocycles. The molecule has 0 saturated heterocycles. The number of amides is 1. The van der Waals surface area contributed by atoms with Gasteiger partial charge >= 0.3 is 0 Å². The molecule has 0 radical (unpaired) electrons. The van der Waals surface area contributed by atoms with Gasteiger partial charge in [-0.25, -0.2) is 0 Å². The third-order valence-corrected chi connectivity index (χ3v) is 3.31. The topological polar surface area (TPSA) is 61.4 Å². The summed E-state index contributed by atoms with van der Waals surface area (Å²) in [5, 5.41) is 15.3. The van der Waals surface area contributed by atoms with Gasteiger partial charge in [0, 0.05) is 6.04 Å². The number of anilines is 1. The molecule has 1 atom stereocenters. The van der Waals surface area contributed by atoms with Gasteiger partial charge in [-0.05, 0) is 18.6 Å². The molecule has 3 N–H and O–H groups in total. The van der Waals surface area contributed by atoms with E-state index < -0.39 is 0 Å². The number of aliphatic hydroxyl groups excluding tert-OH is 1. The molecular weight excluding hydrogens is 275 g/mol. The SMILES string of the molecule is CCC(CO)NCC(=O)Nc1cccc(Cl)c1Cl. The molecule has 0 heterocycles. The molecule has 0 spiro atoms. The lowest BCUT2D eigenvalue weighted by Crippen LogP contribution is -2.37. The number of halogens is 2. The summed E-state index contributed by atoms with van der Waals surface area (Å²) in [7, 11) is 0. The lowest BCUT2D eigenvalue weighted by atomic mass is 10.2. The molecule has 100 valence electrons. The van der Waals surface area contributed by atoms with Gasteiger partial charge in [-0.15, -0.1) is 0 Å². The smallest absolute Gasteiger partial charge is 0.238 e. The van der Waals surface area contributed by atoms with Crippen molar-refractivity contribution in [3.05, 3.63) is 28.2 Å². The van der Waals surface area contributed by atoms with Crippen molar-refractivity contribution in [3.8, 4) is 0 Å². The van der Waals surface area contributed by atoms with Crippen LogP contribution >= 0.6 is 23.2 Å². The number of hydrogen-bond acceptors (Lipinski definition) is 3. The molecule has 1 amide bonds. The third kappa shape index (κ3) is 4.46. The van der Waals surface area contributed by atoms with Crippen molar-refractivity contribution in [2.75, 3.05) is 18.5 Å². The standard InChI is InChI=1S/C12H16Cl2N2O2/c1-2-8(7-17)15-6-11(18)16-10-5-3-4-9(13)12(10)14/h3-5,8,15,17H,2,6-7H2,1H3,(H,16,18). The summed E-state index contributed by atoms with van der Waals surface area (Å²) in [5.41, 5.74) is 0.480. The zero-order valence-corrected chi connectivity index (χ0v) is 11.6. The van der Waals surface area contributed by atoms with Gasteiger partial charge in [-0.1, -0.05) is 36.2 Å². The highest BCUT2D eigenvalue weighted by Crippen LogP contribution is 2.29. The molecule has 1 aromatic rings. The lowest BCUT2D eigenvalue weighted by molar-refractivity contribution is -0.115. The van der Waals surface area contributed by atoms with Crippen LogP contribution in [0.1, 0.15) is 13.3 Å². The molecule has 1 aromatic carbocycles. The summed E-state index contributed by atoms with van der Waals surface area (Å²) in [6.45, 7) is 2.04. The lowest BCUT2D eigenvalue weighted by Gasteiger charge is -2.14. The molecule has 0 aliphatic rings. The molecular formula is C12H16Cl2N2O2. The summed E-state index contributed by atoms with van der Waals surface area (Å²) in [5.74, 6) is -0.230. The molecule has 1 unspecified atom stereocenters. The Morgan fingerprint density at radius 2 is 2.17 bits per heavy atom. The number of carbonyl (C=O) groups is 1. The highest BCUT2D eigenvalue weighted by Gasteiger charge is 2.10. The van der Waals surface area contributed by atoms with E-state index in [-0.39, 0.29) is 25.1 Å². The number of carbonyl (C=O) groups excluding carboxylic acids is 1. The Kier molecular flexibility index (Phi) is 6.43. The number of aliphatic hydroxyl groups is 1. The summed E-state index contributed by atoms with van der Waals surface area (Å²) in [6, 6.07) is 4.96. The Morgan fingerprint density at radius 3 is 2.78 bits per heavy atom. The van der Waals surface area contributed by atoms with Crippen LogP contribution in [0, 0.1) is 0 Å². The fourth-order valence-corrected chi connectivity index (χ4v) is 1.72. The molecule has 0 saturated carbocycles. The van der Waals surface area contributed by atoms with Gasteiger partial charge in [0.2, 0.25) is 5.91 Å². The Hall–Kier alpha value is -0.810. The number of rotatable bonds is 6. The van der Waals surface area contributed by atoms with Crippen molar-refractivity contribution in [2.45, 2.75) is 19.4 Å². The van der Waals surface area contributed by atoms with Crippen LogP contribution in [0.15, 0.2) is 18.2 Å². The summed E-state index contributed by atoms with van der Waals surface area (Å²) >= 11 is 11.8. The van der Waals surface area contributed by atoms with Crippen LogP contribution in [0.2, 0.25) is 10.0 Å². The quantitative estimate of drug-likeness (QED) is 0.753. The second-order valence-electron chi connectivity index (χ2n) is 3.82. The minimum atomic E-state index is -0.230. The Labute approximate surface area is 116 Å². The average Bonchev–Trinajstić information content (AvgIpc) is 2.36. The van der Waals surface area contributed by atoms with Crippen LogP contribution in [0.4, 0.5) is 5.69 Å². The van der Waals surface area contributed by atoms with Crippen LogP contribution in [0.3, 0.4) is 0 Å². The van der Waals surface area contributed by atoms with Gasteiger partial charge in [0.1, 0.15) is 0 Å². The largest absolute Gasteiger partial charge is 0.395 e. The van der Waals surface area contributed by atoms with Gasteiger partial charge in [0.05, 0.1) is 28.9 Å². The molecule has 0 fully saturated rings. The average molecular weight is 291 g/mol. The van der Waals surface area contributed by atoms with E-state index in [2.05, 4.69) is 10.6 Å². The highest BCUT2D eigenvalue weighted by molar-refractivity contribution is 6.43. The summed E-state index contributed by atoms with van der Waals surface area (Å²) < 4.78 is 0. The zero-order valence-electron chi connectivity index (χ0n) is 10.0. The molecule has 0 aliphatic heterocycles. The molecule has 0 bridgehead atoms. The summed E-state index contributed by atoms with van der Waals surface area (Å²) in [6.07, 6.45) is 0.752. The van der Waals surface area contributed by atoms with E-state index in [0.29, 0.717) is 15.7 Å². The highest BCUT2D eigenvalue weighted by atomic mass is 35.5. The maximum Gasteiger partial charge on any atom is 0.238 e. The summed E-state index contributed by atoms with van der Waals surface area (Å²) in [4.78, 5) is 11.7. The molecule has 18 heavy (non-hydrogen) atoms. The first-order valence-corrected chi connectivity index (χ1v) is 6.42. The first kappa shape index (κ1) is 15.2. The van der Waals surface area contributed by atoms with E-state index in [1.165, 1.54) is 0 Å². The van der Waals surface area contributed by atoms with Crippen LogP contribution in [0.5, 0.6) is 0 Å². The monoisotopic (exact) mass is 290 g/mol. The van der Waals surface area contributed by atoms with E-state index in [9.17, 15) is 4.79 Å². The van der Waals surface area contributed by atoms with Crippen molar-refractivity contribution >= 4 is 34.8 Å². The molecule has 4 nitrogen and oxygen atoms in total. The van der Waals surface area contributed by atoms with E-state index >= 15 is 0 Å². The zero-order chi connectivity index (χ0) is 13.5. The Bertz CT molecular complexity index is 409.